The topological polar surface area (TPSA) is 49.3 Å². The first-order chi connectivity index (χ1) is 8.74. The van der Waals surface area contributed by atoms with Crippen LogP contribution in [0.2, 0.25) is 0 Å². The van der Waals surface area contributed by atoms with Gasteiger partial charge in [-0.1, -0.05) is 23.8 Å². The van der Waals surface area contributed by atoms with Crippen molar-refractivity contribution < 1.29 is 9.90 Å². The quantitative estimate of drug-likeness (QED) is 0.801. The molecule has 0 heterocycles. The predicted octanol–water partition coefficient (Wildman–Crippen LogP) is 2.90. The number of amides is 1. The Hall–Kier alpha value is -1.77. The first-order valence-electron chi connectivity index (χ1n) is 6.46. The number of aromatic hydroxyl groups is 1. The summed E-state index contributed by atoms with van der Waals surface area (Å²) in [4.78, 5) is 11.8. The average molecular weight is 245 g/mol. The van der Waals surface area contributed by atoms with Crippen molar-refractivity contribution in [1.82, 2.24) is 5.32 Å². The van der Waals surface area contributed by atoms with Crippen LogP contribution in [-0.4, -0.2) is 11.0 Å². The van der Waals surface area contributed by atoms with Crippen molar-refractivity contribution in [3.05, 3.63) is 41.5 Å². The van der Waals surface area contributed by atoms with Crippen molar-refractivity contribution in [2.24, 2.45) is 0 Å². The molecule has 0 saturated carbocycles. The minimum Gasteiger partial charge on any atom is -0.508 e. The van der Waals surface area contributed by atoms with Crippen LogP contribution in [0.1, 0.15) is 37.7 Å². The summed E-state index contributed by atoms with van der Waals surface area (Å²) in [5, 5.41) is 12.2. The van der Waals surface area contributed by atoms with Gasteiger partial charge < -0.3 is 10.4 Å². The minimum atomic E-state index is 0.0616. The molecule has 1 amide bonds. The molecule has 0 unspecified atom stereocenters. The molecule has 0 aliphatic heterocycles. The van der Waals surface area contributed by atoms with Gasteiger partial charge in [-0.15, -0.1) is 0 Å². The summed E-state index contributed by atoms with van der Waals surface area (Å²) in [7, 11) is 0. The average Bonchev–Trinajstić information content (AvgIpc) is 2.38. The molecule has 0 spiro atoms. The fourth-order valence-corrected chi connectivity index (χ4v) is 2.20. The first kappa shape index (κ1) is 12.7. The Morgan fingerprint density at radius 2 is 2.22 bits per heavy atom. The van der Waals surface area contributed by atoms with E-state index in [0.29, 0.717) is 13.0 Å². The van der Waals surface area contributed by atoms with Gasteiger partial charge in [0.05, 0.1) is 0 Å². The number of phenols is 1. The van der Waals surface area contributed by atoms with Crippen LogP contribution in [0.15, 0.2) is 35.9 Å². The van der Waals surface area contributed by atoms with Gasteiger partial charge in [-0.25, -0.2) is 0 Å². The first-order valence-corrected chi connectivity index (χ1v) is 6.46. The number of allylic oxidation sites excluding steroid dienone is 1. The lowest BCUT2D eigenvalue weighted by Gasteiger charge is -2.12. The zero-order valence-electron chi connectivity index (χ0n) is 10.5. The van der Waals surface area contributed by atoms with Crippen molar-refractivity contribution in [2.75, 3.05) is 0 Å². The fraction of sp³-hybridized carbons (Fsp3) is 0.400. The number of phenolic OH excluding ortho intramolecular Hbond substituents is 1. The third kappa shape index (κ3) is 3.91. The second-order valence-electron chi connectivity index (χ2n) is 4.73. The molecule has 18 heavy (non-hydrogen) atoms. The van der Waals surface area contributed by atoms with Crippen LogP contribution in [0.25, 0.3) is 0 Å². The van der Waals surface area contributed by atoms with Crippen LogP contribution >= 0.6 is 0 Å². The van der Waals surface area contributed by atoms with Crippen LogP contribution in [0, 0.1) is 0 Å². The summed E-state index contributed by atoms with van der Waals surface area (Å²) in [6.45, 7) is 0.473. The maximum Gasteiger partial charge on any atom is 0.224 e. The highest BCUT2D eigenvalue weighted by atomic mass is 16.3. The summed E-state index contributed by atoms with van der Waals surface area (Å²) in [5.41, 5.74) is 2.18. The van der Waals surface area contributed by atoms with Crippen LogP contribution in [0.5, 0.6) is 5.75 Å². The largest absolute Gasteiger partial charge is 0.508 e. The Labute approximate surface area is 108 Å². The molecule has 2 rings (SSSR count). The monoisotopic (exact) mass is 245 g/mol. The molecule has 1 aromatic rings. The Morgan fingerprint density at radius 1 is 1.33 bits per heavy atom. The molecular weight excluding hydrogens is 226 g/mol. The highest BCUT2D eigenvalue weighted by Gasteiger charge is 2.08. The Kier molecular flexibility index (Phi) is 4.40. The Bertz CT molecular complexity index is 452. The van der Waals surface area contributed by atoms with E-state index in [9.17, 15) is 9.90 Å². The van der Waals surface area contributed by atoms with Gasteiger partial charge >= 0.3 is 0 Å². The molecule has 2 N–H and O–H groups in total. The number of nitrogens with one attached hydrogen (secondary N) is 1. The summed E-state index contributed by atoms with van der Waals surface area (Å²) < 4.78 is 0. The molecule has 1 aliphatic carbocycles. The number of hydrogen-bond donors (Lipinski definition) is 2. The molecule has 3 heteroatoms. The van der Waals surface area contributed by atoms with Crippen LogP contribution in [0.4, 0.5) is 0 Å². The second-order valence-corrected chi connectivity index (χ2v) is 4.73. The van der Waals surface area contributed by atoms with Crippen molar-refractivity contribution in [3.63, 3.8) is 0 Å². The molecule has 0 saturated heterocycles. The van der Waals surface area contributed by atoms with E-state index in [4.69, 9.17) is 0 Å². The Balaban J connectivity index is 1.79. The zero-order chi connectivity index (χ0) is 12.8. The number of benzene rings is 1. The zero-order valence-corrected chi connectivity index (χ0v) is 10.5. The summed E-state index contributed by atoms with van der Waals surface area (Å²) in [6.07, 6.45) is 7.31. The SMILES string of the molecule is O=C(CC1=CCCCC1)NCc1cccc(O)c1. The van der Waals surface area contributed by atoms with Gasteiger partial charge in [0, 0.05) is 13.0 Å². The van der Waals surface area contributed by atoms with Gasteiger partial charge in [-0.3, -0.25) is 4.79 Å². The highest BCUT2D eigenvalue weighted by Crippen LogP contribution is 2.19. The van der Waals surface area contributed by atoms with Crippen molar-refractivity contribution >= 4 is 5.91 Å². The lowest BCUT2D eigenvalue weighted by Crippen LogP contribution is -2.23. The molecule has 96 valence electrons. The van der Waals surface area contributed by atoms with Gasteiger partial charge in [-0.05, 0) is 43.4 Å². The smallest absolute Gasteiger partial charge is 0.224 e. The van der Waals surface area contributed by atoms with E-state index in [1.807, 2.05) is 6.07 Å². The molecule has 0 radical (unpaired) electrons. The molecule has 3 nitrogen and oxygen atoms in total. The maximum atomic E-state index is 11.8. The summed E-state index contributed by atoms with van der Waals surface area (Å²) in [6, 6.07) is 6.96. The summed E-state index contributed by atoms with van der Waals surface area (Å²) in [5.74, 6) is 0.295. The molecule has 0 fully saturated rings. The van der Waals surface area contributed by atoms with E-state index >= 15 is 0 Å². The number of carbonyl (C=O) groups is 1. The third-order valence-corrected chi connectivity index (χ3v) is 3.17. The predicted molar refractivity (Wildman–Crippen MR) is 71.1 cm³/mol. The number of rotatable bonds is 4. The lowest BCUT2D eigenvalue weighted by molar-refractivity contribution is -0.120. The normalized spacial score (nSPS) is 15.0. The van der Waals surface area contributed by atoms with Gasteiger partial charge in [-0.2, -0.15) is 0 Å². The lowest BCUT2D eigenvalue weighted by atomic mass is 9.97. The minimum absolute atomic E-state index is 0.0616. The molecular formula is C15H19NO2. The van der Waals surface area contributed by atoms with E-state index < -0.39 is 0 Å². The molecule has 0 atom stereocenters. The van der Waals surface area contributed by atoms with Crippen molar-refractivity contribution in [1.29, 1.82) is 0 Å². The van der Waals surface area contributed by atoms with E-state index in [-0.39, 0.29) is 11.7 Å². The van der Waals surface area contributed by atoms with Crippen LogP contribution < -0.4 is 5.32 Å². The van der Waals surface area contributed by atoms with Crippen LogP contribution in [0.3, 0.4) is 0 Å². The van der Waals surface area contributed by atoms with Gasteiger partial charge in [0.25, 0.3) is 0 Å². The van der Waals surface area contributed by atoms with Crippen molar-refractivity contribution in [3.8, 4) is 5.75 Å². The van der Waals surface area contributed by atoms with E-state index in [0.717, 1.165) is 18.4 Å². The summed E-state index contributed by atoms with van der Waals surface area (Å²) >= 11 is 0. The molecule has 0 bridgehead atoms. The fourth-order valence-electron chi connectivity index (χ4n) is 2.20. The standard InChI is InChI=1S/C15H19NO2/c17-14-8-4-7-13(9-14)11-16-15(18)10-12-5-2-1-3-6-12/h4-5,7-9,17H,1-3,6,10-11H2,(H,16,18). The third-order valence-electron chi connectivity index (χ3n) is 3.17. The van der Waals surface area contributed by atoms with Gasteiger partial charge in [0.1, 0.15) is 5.75 Å². The number of hydrogen-bond acceptors (Lipinski definition) is 2. The molecule has 1 aromatic carbocycles. The van der Waals surface area contributed by atoms with E-state index in [1.165, 1.54) is 18.4 Å². The van der Waals surface area contributed by atoms with Crippen molar-refractivity contribution in [2.45, 2.75) is 38.6 Å². The van der Waals surface area contributed by atoms with Gasteiger partial charge in [0.2, 0.25) is 5.91 Å². The maximum absolute atomic E-state index is 11.8. The Morgan fingerprint density at radius 3 is 2.94 bits per heavy atom. The molecule has 0 aromatic heterocycles. The van der Waals surface area contributed by atoms with Gasteiger partial charge in [0.15, 0.2) is 0 Å². The molecule has 1 aliphatic rings. The second kappa shape index (κ2) is 6.24. The highest BCUT2D eigenvalue weighted by molar-refractivity contribution is 5.78. The van der Waals surface area contributed by atoms with E-state index in [1.54, 1.807) is 18.2 Å². The number of carbonyl (C=O) groups excluding carboxylic acids is 1. The van der Waals surface area contributed by atoms with Crippen LogP contribution in [-0.2, 0) is 11.3 Å². The van der Waals surface area contributed by atoms with E-state index in [2.05, 4.69) is 11.4 Å².